The van der Waals surface area contributed by atoms with Crippen LogP contribution in [0.25, 0.3) is 10.9 Å². The standard InChI is InChI=1S/C16H20N4/c1-10-11(2)13(4)16-14(12(10)3)6-7-20(16)8-15-17-9-19(5)18-15/h6-7,9H,8H2,1-5H3. The Bertz CT molecular complexity index is 793. The first-order chi connectivity index (χ1) is 9.49. The minimum atomic E-state index is 0.715. The maximum absolute atomic E-state index is 4.37. The molecule has 0 radical (unpaired) electrons. The predicted octanol–water partition coefficient (Wildman–Crippen LogP) is 3.05. The average Bonchev–Trinajstić information content (AvgIpc) is 3.01. The molecule has 0 unspecified atom stereocenters. The topological polar surface area (TPSA) is 35.6 Å². The van der Waals surface area contributed by atoms with Gasteiger partial charge in [-0.1, -0.05) is 0 Å². The minimum Gasteiger partial charge on any atom is -0.340 e. The molecule has 4 heteroatoms. The van der Waals surface area contributed by atoms with Crippen molar-refractivity contribution in [2.45, 2.75) is 34.2 Å². The van der Waals surface area contributed by atoms with Gasteiger partial charge >= 0.3 is 0 Å². The first kappa shape index (κ1) is 12.9. The summed E-state index contributed by atoms with van der Waals surface area (Å²) in [5.41, 5.74) is 6.80. The van der Waals surface area contributed by atoms with Crippen LogP contribution in [0.3, 0.4) is 0 Å². The van der Waals surface area contributed by atoms with Gasteiger partial charge in [0.05, 0.1) is 12.1 Å². The third-order valence-corrected chi connectivity index (χ3v) is 4.37. The normalized spacial score (nSPS) is 11.4. The highest BCUT2D eigenvalue weighted by atomic mass is 15.3. The van der Waals surface area contributed by atoms with E-state index in [9.17, 15) is 0 Å². The molecule has 20 heavy (non-hydrogen) atoms. The van der Waals surface area contributed by atoms with Gasteiger partial charge in [0.15, 0.2) is 5.82 Å². The number of rotatable bonds is 2. The Morgan fingerprint density at radius 3 is 2.35 bits per heavy atom. The van der Waals surface area contributed by atoms with E-state index in [2.05, 4.69) is 54.6 Å². The third-order valence-electron chi connectivity index (χ3n) is 4.37. The van der Waals surface area contributed by atoms with Crippen LogP contribution in [0.1, 0.15) is 28.1 Å². The summed E-state index contributed by atoms with van der Waals surface area (Å²) >= 11 is 0. The van der Waals surface area contributed by atoms with Crippen LogP contribution in [0.2, 0.25) is 0 Å². The van der Waals surface area contributed by atoms with Gasteiger partial charge in [0.2, 0.25) is 0 Å². The highest BCUT2D eigenvalue weighted by Crippen LogP contribution is 2.30. The molecule has 3 aromatic rings. The van der Waals surface area contributed by atoms with E-state index in [-0.39, 0.29) is 0 Å². The van der Waals surface area contributed by atoms with E-state index in [0.717, 1.165) is 5.82 Å². The fraction of sp³-hybridized carbons (Fsp3) is 0.375. The second-order valence-electron chi connectivity index (χ2n) is 5.54. The molecule has 104 valence electrons. The Hall–Kier alpha value is -2.10. The van der Waals surface area contributed by atoms with Crippen molar-refractivity contribution in [1.29, 1.82) is 0 Å². The van der Waals surface area contributed by atoms with Crippen molar-refractivity contribution in [3.63, 3.8) is 0 Å². The molecule has 0 amide bonds. The van der Waals surface area contributed by atoms with E-state index in [1.807, 2.05) is 7.05 Å². The van der Waals surface area contributed by atoms with Crippen LogP contribution in [-0.2, 0) is 13.6 Å². The molecular weight excluding hydrogens is 248 g/mol. The molecule has 0 bridgehead atoms. The maximum Gasteiger partial charge on any atom is 0.170 e. The molecule has 0 fully saturated rings. The molecule has 1 aromatic carbocycles. The van der Waals surface area contributed by atoms with Gasteiger partial charge < -0.3 is 4.57 Å². The van der Waals surface area contributed by atoms with Crippen LogP contribution in [-0.4, -0.2) is 19.3 Å². The first-order valence-corrected chi connectivity index (χ1v) is 6.88. The summed E-state index contributed by atoms with van der Waals surface area (Å²) in [6.07, 6.45) is 3.88. The van der Waals surface area contributed by atoms with Gasteiger partial charge in [0.25, 0.3) is 0 Å². The van der Waals surface area contributed by atoms with Crippen LogP contribution in [0.15, 0.2) is 18.6 Å². The lowest BCUT2D eigenvalue weighted by atomic mass is 9.96. The quantitative estimate of drug-likeness (QED) is 0.716. The molecule has 0 aliphatic rings. The Labute approximate surface area is 119 Å². The molecule has 0 N–H and O–H groups in total. The summed E-state index contributed by atoms with van der Waals surface area (Å²) in [6.45, 7) is 9.52. The molecule has 0 spiro atoms. The molecule has 0 atom stereocenters. The van der Waals surface area contributed by atoms with E-state index in [1.165, 1.54) is 33.2 Å². The van der Waals surface area contributed by atoms with Crippen molar-refractivity contribution in [2.75, 3.05) is 0 Å². The second kappa shape index (κ2) is 4.47. The van der Waals surface area contributed by atoms with E-state index in [0.29, 0.717) is 6.54 Å². The van der Waals surface area contributed by atoms with Gasteiger partial charge in [-0.25, -0.2) is 4.98 Å². The van der Waals surface area contributed by atoms with Crippen molar-refractivity contribution in [2.24, 2.45) is 7.05 Å². The fourth-order valence-electron chi connectivity index (χ4n) is 2.88. The smallest absolute Gasteiger partial charge is 0.170 e. The molecule has 2 heterocycles. The van der Waals surface area contributed by atoms with Gasteiger partial charge in [-0.2, -0.15) is 5.10 Å². The fourth-order valence-corrected chi connectivity index (χ4v) is 2.88. The lowest BCUT2D eigenvalue weighted by Crippen LogP contribution is -2.03. The number of hydrogen-bond donors (Lipinski definition) is 0. The number of benzene rings is 1. The molecule has 0 aliphatic heterocycles. The summed E-state index contributed by atoms with van der Waals surface area (Å²) in [4.78, 5) is 4.32. The Kier molecular flexibility index (Phi) is 2.89. The first-order valence-electron chi connectivity index (χ1n) is 6.88. The van der Waals surface area contributed by atoms with Crippen molar-refractivity contribution in [3.05, 3.63) is 46.7 Å². The van der Waals surface area contributed by atoms with Gasteiger partial charge in [-0.05, 0) is 56.0 Å². The minimum absolute atomic E-state index is 0.715. The summed E-state index contributed by atoms with van der Waals surface area (Å²) < 4.78 is 3.99. The summed E-state index contributed by atoms with van der Waals surface area (Å²) in [7, 11) is 1.90. The zero-order valence-corrected chi connectivity index (χ0v) is 12.7. The second-order valence-corrected chi connectivity index (χ2v) is 5.54. The van der Waals surface area contributed by atoms with Crippen LogP contribution >= 0.6 is 0 Å². The van der Waals surface area contributed by atoms with Crippen molar-refractivity contribution in [3.8, 4) is 0 Å². The van der Waals surface area contributed by atoms with Crippen LogP contribution in [0.4, 0.5) is 0 Å². The monoisotopic (exact) mass is 268 g/mol. The lowest BCUT2D eigenvalue weighted by Gasteiger charge is -2.13. The SMILES string of the molecule is Cc1c(C)c(C)c2c(ccn2Cc2ncn(C)n2)c1C. The summed E-state index contributed by atoms with van der Waals surface area (Å²) in [6, 6.07) is 2.20. The summed E-state index contributed by atoms with van der Waals surface area (Å²) in [5.74, 6) is 0.847. The number of aromatic nitrogens is 4. The number of nitrogens with zero attached hydrogens (tertiary/aromatic N) is 4. The van der Waals surface area contributed by atoms with Crippen LogP contribution in [0.5, 0.6) is 0 Å². The highest BCUT2D eigenvalue weighted by Gasteiger charge is 2.13. The van der Waals surface area contributed by atoms with E-state index in [4.69, 9.17) is 0 Å². The maximum atomic E-state index is 4.37. The number of fused-ring (bicyclic) bond motifs is 1. The molecule has 0 aliphatic carbocycles. The predicted molar refractivity (Wildman–Crippen MR) is 81.0 cm³/mol. The van der Waals surface area contributed by atoms with Gasteiger partial charge in [-0.3, -0.25) is 4.68 Å². The molecule has 0 saturated heterocycles. The zero-order chi connectivity index (χ0) is 14.4. The van der Waals surface area contributed by atoms with Crippen molar-refractivity contribution >= 4 is 10.9 Å². The van der Waals surface area contributed by atoms with Gasteiger partial charge in [0.1, 0.15) is 6.33 Å². The number of aryl methyl sites for hydroxylation is 3. The Morgan fingerprint density at radius 1 is 1.00 bits per heavy atom. The molecule has 0 saturated carbocycles. The molecule has 2 aromatic heterocycles. The Morgan fingerprint density at radius 2 is 1.70 bits per heavy atom. The van der Waals surface area contributed by atoms with E-state index >= 15 is 0 Å². The molecule has 3 rings (SSSR count). The number of hydrogen-bond acceptors (Lipinski definition) is 2. The largest absolute Gasteiger partial charge is 0.340 e. The third kappa shape index (κ3) is 1.83. The summed E-state index contributed by atoms with van der Waals surface area (Å²) in [5, 5.41) is 5.70. The molecule has 4 nitrogen and oxygen atoms in total. The van der Waals surface area contributed by atoms with Crippen molar-refractivity contribution in [1.82, 2.24) is 19.3 Å². The van der Waals surface area contributed by atoms with E-state index < -0.39 is 0 Å². The van der Waals surface area contributed by atoms with Crippen LogP contribution in [0, 0.1) is 27.7 Å². The van der Waals surface area contributed by atoms with Crippen molar-refractivity contribution < 1.29 is 0 Å². The van der Waals surface area contributed by atoms with Gasteiger partial charge in [-0.15, -0.1) is 0 Å². The zero-order valence-electron chi connectivity index (χ0n) is 12.7. The molecular formula is C16H20N4. The van der Waals surface area contributed by atoms with E-state index in [1.54, 1.807) is 11.0 Å². The van der Waals surface area contributed by atoms with Gasteiger partial charge in [0, 0.05) is 18.6 Å². The highest BCUT2D eigenvalue weighted by molar-refractivity contribution is 5.88. The lowest BCUT2D eigenvalue weighted by molar-refractivity contribution is 0.713. The van der Waals surface area contributed by atoms with Crippen LogP contribution < -0.4 is 0 Å². The Balaban J connectivity index is 2.18. The average molecular weight is 268 g/mol.